The zero-order chi connectivity index (χ0) is 12.2. The lowest BCUT2D eigenvalue weighted by Gasteiger charge is -2.13. The summed E-state index contributed by atoms with van der Waals surface area (Å²) in [5, 5.41) is 12.1. The van der Waals surface area contributed by atoms with E-state index in [0.717, 1.165) is 58.0 Å². The number of carboxylic acids is 1. The van der Waals surface area contributed by atoms with Crippen molar-refractivity contribution >= 4 is 43.2 Å². The lowest BCUT2D eigenvalue weighted by molar-refractivity contribution is -0.139. The topological polar surface area (TPSA) is 75.3 Å². The maximum absolute atomic E-state index is 10.9. The predicted molar refractivity (Wildman–Crippen MR) is 88.2 cm³/mol. The standard InChI is InChI=1S/C12H26N2O2.3ClH/c1-2-3-8-11(12(15)16)14-10-7-5-4-6-9-13;;;/h11,14H,2-10,13H2,1H3,(H,15,16);3*1H. The van der Waals surface area contributed by atoms with E-state index in [-0.39, 0.29) is 43.3 Å². The summed E-state index contributed by atoms with van der Waals surface area (Å²) >= 11 is 0. The second kappa shape index (κ2) is 20.6. The summed E-state index contributed by atoms with van der Waals surface area (Å²) < 4.78 is 0. The Balaban J connectivity index is -0.000000375. The number of unbranched alkanes of at least 4 members (excludes halogenated alkanes) is 4. The van der Waals surface area contributed by atoms with Crippen molar-refractivity contribution in [2.45, 2.75) is 57.9 Å². The Kier molecular flexibility index (Phi) is 29.9. The average Bonchev–Trinajstić information content (AvgIpc) is 2.26. The fourth-order valence-corrected chi connectivity index (χ4v) is 1.62. The third-order valence-corrected chi connectivity index (χ3v) is 2.67. The molecule has 1 atom stereocenters. The first kappa shape index (κ1) is 27.6. The van der Waals surface area contributed by atoms with Crippen molar-refractivity contribution in [2.24, 2.45) is 5.73 Å². The maximum atomic E-state index is 10.9. The van der Waals surface area contributed by atoms with E-state index in [9.17, 15) is 4.79 Å². The smallest absolute Gasteiger partial charge is 0.320 e. The van der Waals surface area contributed by atoms with Crippen LogP contribution in [0.25, 0.3) is 0 Å². The van der Waals surface area contributed by atoms with Crippen molar-refractivity contribution in [1.82, 2.24) is 5.32 Å². The summed E-state index contributed by atoms with van der Waals surface area (Å²) in [7, 11) is 0. The molecule has 0 aliphatic rings. The minimum absolute atomic E-state index is 0. The predicted octanol–water partition coefficient (Wildman–Crippen LogP) is 3.00. The number of halogens is 3. The Morgan fingerprint density at radius 2 is 1.68 bits per heavy atom. The number of nitrogens with two attached hydrogens (primary N) is 1. The highest BCUT2D eigenvalue weighted by Gasteiger charge is 2.14. The third-order valence-electron chi connectivity index (χ3n) is 2.67. The third kappa shape index (κ3) is 18.3. The molecule has 4 N–H and O–H groups in total. The second-order valence-electron chi connectivity index (χ2n) is 4.19. The van der Waals surface area contributed by atoms with E-state index in [0.29, 0.717) is 0 Å². The number of nitrogens with one attached hydrogen (secondary N) is 1. The molecule has 0 aromatic heterocycles. The van der Waals surface area contributed by atoms with E-state index in [4.69, 9.17) is 10.8 Å². The highest BCUT2D eigenvalue weighted by atomic mass is 35.5. The molecule has 0 aliphatic heterocycles. The van der Waals surface area contributed by atoms with E-state index in [1.807, 2.05) is 0 Å². The number of carboxylic acid groups (broad SMARTS) is 1. The number of rotatable bonds is 11. The van der Waals surface area contributed by atoms with Gasteiger partial charge in [-0.3, -0.25) is 4.79 Å². The van der Waals surface area contributed by atoms with Gasteiger partial charge in [0, 0.05) is 0 Å². The molecule has 0 aromatic carbocycles. The van der Waals surface area contributed by atoms with Crippen molar-refractivity contribution in [2.75, 3.05) is 13.1 Å². The van der Waals surface area contributed by atoms with Gasteiger partial charge in [-0.1, -0.05) is 32.6 Å². The van der Waals surface area contributed by atoms with Gasteiger partial charge in [-0.05, 0) is 32.4 Å². The number of hydrogen-bond acceptors (Lipinski definition) is 3. The highest BCUT2D eigenvalue weighted by Crippen LogP contribution is 2.02. The molecular weight excluding hydrogens is 311 g/mol. The van der Waals surface area contributed by atoms with Crippen molar-refractivity contribution in [3.05, 3.63) is 0 Å². The highest BCUT2D eigenvalue weighted by molar-refractivity contribution is 5.86. The number of aliphatic carboxylic acids is 1. The summed E-state index contributed by atoms with van der Waals surface area (Å²) in [5.74, 6) is -0.726. The normalized spacial score (nSPS) is 10.6. The fourth-order valence-electron chi connectivity index (χ4n) is 1.62. The molecule has 0 aliphatic carbocycles. The Labute approximate surface area is 135 Å². The molecule has 0 rings (SSSR count). The molecular formula is C12H29Cl3N2O2. The molecule has 19 heavy (non-hydrogen) atoms. The van der Waals surface area contributed by atoms with Crippen LogP contribution >= 0.6 is 37.2 Å². The molecule has 0 aromatic rings. The Morgan fingerprint density at radius 1 is 1.11 bits per heavy atom. The van der Waals surface area contributed by atoms with E-state index in [2.05, 4.69) is 12.2 Å². The molecule has 0 amide bonds. The van der Waals surface area contributed by atoms with Gasteiger partial charge in [0.2, 0.25) is 0 Å². The summed E-state index contributed by atoms with van der Waals surface area (Å²) in [5.41, 5.74) is 5.39. The van der Waals surface area contributed by atoms with Crippen LogP contribution in [-0.2, 0) is 4.79 Å². The minimum Gasteiger partial charge on any atom is -0.480 e. The molecule has 0 spiro atoms. The monoisotopic (exact) mass is 338 g/mol. The zero-order valence-corrected chi connectivity index (χ0v) is 14.0. The van der Waals surface area contributed by atoms with Crippen molar-refractivity contribution in [3.63, 3.8) is 0 Å². The molecule has 0 saturated heterocycles. The second-order valence-corrected chi connectivity index (χ2v) is 4.19. The van der Waals surface area contributed by atoms with E-state index >= 15 is 0 Å². The molecule has 0 fully saturated rings. The van der Waals surface area contributed by atoms with Crippen LogP contribution in [0.1, 0.15) is 51.9 Å². The van der Waals surface area contributed by atoms with Gasteiger partial charge in [-0.15, -0.1) is 37.2 Å². The van der Waals surface area contributed by atoms with Crippen molar-refractivity contribution < 1.29 is 9.90 Å². The first-order valence-electron chi connectivity index (χ1n) is 6.38. The van der Waals surface area contributed by atoms with Crippen LogP contribution in [0.3, 0.4) is 0 Å². The summed E-state index contributed by atoms with van der Waals surface area (Å²) in [4.78, 5) is 10.9. The van der Waals surface area contributed by atoms with Gasteiger partial charge in [0.15, 0.2) is 0 Å². The molecule has 120 valence electrons. The molecule has 0 heterocycles. The average molecular weight is 340 g/mol. The summed E-state index contributed by atoms with van der Waals surface area (Å²) in [6.07, 6.45) is 7.12. The van der Waals surface area contributed by atoms with Gasteiger partial charge < -0.3 is 16.2 Å². The van der Waals surface area contributed by atoms with Crippen LogP contribution in [0.15, 0.2) is 0 Å². The molecule has 7 heteroatoms. The SMILES string of the molecule is CCCCC(NCCCCCCN)C(=O)O.Cl.Cl.Cl. The van der Waals surface area contributed by atoms with Gasteiger partial charge >= 0.3 is 5.97 Å². The Bertz CT molecular complexity index is 186. The number of carbonyl (C=O) groups is 1. The first-order chi connectivity index (χ1) is 7.72. The molecule has 4 nitrogen and oxygen atoms in total. The van der Waals surface area contributed by atoms with E-state index < -0.39 is 5.97 Å². The van der Waals surface area contributed by atoms with Crippen LogP contribution in [0, 0.1) is 0 Å². The van der Waals surface area contributed by atoms with Crippen molar-refractivity contribution in [1.29, 1.82) is 0 Å². The van der Waals surface area contributed by atoms with Gasteiger partial charge in [-0.2, -0.15) is 0 Å². The zero-order valence-electron chi connectivity index (χ0n) is 11.6. The lowest BCUT2D eigenvalue weighted by atomic mass is 10.1. The Hall–Kier alpha value is 0.260. The maximum Gasteiger partial charge on any atom is 0.320 e. The van der Waals surface area contributed by atoms with Gasteiger partial charge in [0.05, 0.1) is 0 Å². The molecule has 1 unspecified atom stereocenters. The lowest BCUT2D eigenvalue weighted by Crippen LogP contribution is -2.37. The quantitative estimate of drug-likeness (QED) is 0.506. The van der Waals surface area contributed by atoms with Crippen LogP contribution in [0.2, 0.25) is 0 Å². The number of hydrogen-bond donors (Lipinski definition) is 3. The van der Waals surface area contributed by atoms with Gasteiger partial charge in [0.1, 0.15) is 6.04 Å². The van der Waals surface area contributed by atoms with Crippen molar-refractivity contribution in [3.8, 4) is 0 Å². The van der Waals surface area contributed by atoms with Gasteiger partial charge in [-0.25, -0.2) is 0 Å². The van der Waals surface area contributed by atoms with Crippen LogP contribution in [-0.4, -0.2) is 30.2 Å². The van der Waals surface area contributed by atoms with E-state index in [1.165, 1.54) is 0 Å². The molecule has 0 radical (unpaired) electrons. The fraction of sp³-hybridized carbons (Fsp3) is 0.917. The summed E-state index contributed by atoms with van der Waals surface area (Å²) in [6.45, 7) is 3.62. The minimum atomic E-state index is -0.726. The Morgan fingerprint density at radius 3 is 2.16 bits per heavy atom. The van der Waals surface area contributed by atoms with E-state index in [1.54, 1.807) is 0 Å². The molecule has 0 saturated carbocycles. The van der Waals surface area contributed by atoms with Crippen LogP contribution < -0.4 is 11.1 Å². The summed E-state index contributed by atoms with van der Waals surface area (Å²) in [6, 6.07) is -0.366. The van der Waals surface area contributed by atoms with Crippen LogP contribution in [0.5, 0.6) is 0 Å². The largest absolute Gasteiger partial charge is 0.480 e. The molecule has 0 bridgehead atoms. The van der Waals surface area contributed by atoms with Crippen LogP contribution in [0.4, 0.5) is 0 Å². The first-order valence-corrected chi connectivity index (χ1v) is 6.38. The van der Waals surface area contributed by atoms with Gasteiger partial charge in [0.25, 0.3) is 0 Å².